The van der Waals surface area contributed by atoms with Crippen LogP contribution in [0.15, 0.2) is 66.7 Å². The molecular weight excluding hydrogens is 442 g/mol. The highest BCUT2D eigenvalue weighted by molar-refractivity contribution is 5.96. The Hall–Kier alpha value is -3.68. The lowest BCUT2D eigenvalue weighted by molar-refractivity contribution is 0.0317. The summed E-state index contributed by atoms with van der Waals surface area (Å²) in [7, 11) is 0. The van der Waals surface area contributed by atoms with Crippen molar-refractivity contribution in [3.05, 3.63) is 78.0 Å². The van der Waals surface area contributed by atoms with Crippen LogP contribution < -0.4 is 4.74 Å². The van der Waals surface area contributed by atoms with Crippen molar-refractivity contribution in [3.8, 4) is 22.7 Å². The summed E-state index contributed by atoms with van der Waals surface area (Å²) in [5.41, 5.74) is 3.64. The molecule has 4 aromatic rings. The Bertz CT molecular complexity index is 1320. The molecule has 0 atom stereocenters. The number of carbonyl (C=O) groups is 1. The Morgan fingerprint density at radius 1 is 1.03 bits per heavy atom. The predicted molar refractivity (Wildman–Crippen MR) is 136 cm³/mol. The van der Waals surface area contributed by atoms with Crippen LogP contribution in [-0.4, -0.2) is 65.2 Å². The molecule has 1 aromatic heterocycles. The highest BCUT2D eigenvalue weighted by Gasteiger charge is 2.25. The fourth-order valence-corrected chi connectivity index (χ4v) is 4.57. The molecular formula is C28H29N3O4. The van der Waals surface area contributed by atoms with Crippen molar-refractivity contribution in [2.45, 2.75) is 13.3 Å². The molecule has 1 aliphatic heterocycles. The number of ether oxygens (including phenoxy) is 2. The van der Waals surface area contributed by atoms with Gasteiger partial charge in [0, 0.05) is 19.6 Å². The van der Waals surface area contributed by atoms with Crippen LogP contribution in [0.3, 0.4) is 0 Å². The monoisotopic (exact) mass is 471 g/mol. The fraction of sp³-hybridized carbons (Fsp3) is 0.286. The van der Waals surface area contributed by atoms with E-state index < -0.39 is 5.97 Å². The minimum Gasteiger partial charge on any atom is -0.477 e. The predicted octanol–water partition coefficient (Wildman–Crippen LogP) is 4.66. The molecule has 1 aliphatic rings. The van der Waals surface area contributed by atoms with E-state index in [2.05, 4.69) is 40.3 Å². The van der Waals surface area contributed by atoms with Gasteiger partial charge in [0.1, 0.15) is 12.2 Å². The molecule has 5 rings (SSSR count). The van der Waals surface area contributed by atoms with E-state index >= 15 is 0 Å². The third kappa shape index (κ3) is 4.78. The van der Waals surface area contributed by atoms with Gasteiger partial charge in [-0.15, -0.1) is 0 Å². The third-order valence-corrected chi connectivity index (χ3v) is 6.43. The summed E-state index contributed by atoms with van der Waals surface area (Å²) in [6.07, 6.45) is 0.503. The number of nitrogens with zero attached hydrogens (tertiary/aromatic N) is 3. The Morgan fingerprint density at radius 2 is 1.77 bits per heavy atom. The average molecular weight is 472 g/mol. The van der Waals surface area contributed by atoms with Crippen molar-refractivity contribution in [2.75, 3.05) is 39.5 Å². The molecule has 7 nitrogen and oxygen atoms in total. The van der Waals surface area contributed by atoms with Crippen LogP contribution in [0.2, 0.25) is 0 Å². The summed E-state index contributed by atoms with van der Waals surface area (Å²) >= 11 is 0. The number of hydrogen-bond donors (Lipinski definition) is 1. The van der Waals surface area contributed by atoms with Gasteiger partial charge < -0.3 is 14.6 Å². The number of benzene rings is 3. The lowest BCUT2D eigenvalue weighted by Crippen LogP contribution is -2.38. The summed E-state index contributed by atoms with van der Waals surface area (Å²) < 4.78 is 13.1. The Labute approximate surface area is 204 Å². The zero-order valence-corrected chi connectivity index (χ0v) is 19.8. The van der Waals surface area contributed by atoms with Crippen LogP contribution in [0.4, 0.5) is 0 Å². The van der Waals surface area contributed by atoms with Crippen LogP contribution >= 0.6 is 0 Å². The molecule has 35 heavy (non-hydrogen) atoms. The lowest BCUT2D eigenvalue weighted by atomic mass is 9.98. The first-order chi connectivity index (χ1) is 17.2. The maximum Gasteiger partial charge on any atom is 0.343 e. The molecule has 0 spiro atoms. The van der Waals surface area contributed by atoms with Gasteiger partial charge in [-0.05, 0) is 40.5 Å². The van der Waals surface area contributed by atoms with E-state index in [-0.39, 0.29) is 11.4 Å². The normalized spacial score (nSPS) is 14.3. The topological polar surface area (TPSA) is 76.8 Å². The van der Waals surface area contributed by atoms with Gasteiger partial charge in [-0.1, -0.05) is 61.5 Å². The molecule has 7 heteroatoms. The number of fused-ring (bicyclic) bond motifs is 1. The van der Waals surface area contributed by atoms with Crippen molar-refractivity contribution < 1.29 is 19.4 Å². The van der Waals surface area contributed by atoms with Crippen LogP contribution in [0.5, 0.6) is 5.88 Å². The number of aryl methyl sites for hydroxylation is 1. The molecule has 1 fully saturated rings. The molecule has 180 valence electrons. The summed E-state index contributed by atoms with van der Waals surface area (Å²) in [5.74, 6) is -0.748. The van der Waals surface area contributed by atoms with E-state index in [1.165, 1.54) is 10.8 Å². The van der Waals surface area contributed by atoms with Gasteiger partial charge in [-0.3, -0.25) is 4.90 Å². The molecule has 0 bridgehead atoms. The number of rotatable bonds is 8. The smallest absolute Gasteiger partial charge is 0.343 e. The SMILES string of the molecule is CCc1nn(-c2ccc(-c3cccc4ccccc34)cc2)c(OCCN2CCOCC2)c1C(=O)O. The quantitative estimate of drug-likeness (QED) is 0.403. The minimum atomic E-state index is -1.03. The zero-order valence-electron chi connectivity index (χ0n) is 19.8. The highest BCUT2D eigenvalue weighted by Crippen LogP contribution is 2.31. The number of carboxylic acid groups (broad SMARTS) is 1. The Balaban J connectivity index is 1.45. The van der Waals surface area contributed by atoms with Gasteiger partial charge in [0.2, 0.25) is 5.88 Å². The number of aromatic carboxylic acids is 1. The molecule has 0 radical (unpaired) electrons. The summed E-state index contributed by atoms with van der Waals surface area (Å²) in [6, 6.07) is 22.6. The van der Waals surface area contributed by atoms with Crippen molar-refractivity contribution >= 4 is 16.7 Å². The van der Waals surface area contributed by atoms with Crippen molar-refractivity contribution in [1.29, 1.82) is 0 Å². The zero-order chi connectivity index (χ0) is 24.2. The second-order valence-electron chi connectivity index (χ2n) is 8.57. The summed E-state index contributed by atoms with van der Waals surface area (Å²) in [4.78, 5) is 14.4. The minimum absolute atomic E-state index is 0.132. The molecule has 0 aliphatic carbocycles. The Morgan fingerprint density at radius 3 is 2.51 bits per heavy atom. The lowest BCUT2D eigenvalue weighted by Gasteiger charge is -2.26. The second-order valence-corrected chi connectivity index (χ2v) is 8.57. The van der Waals surface area contributed by atoms with Gasteiger partial charge in [0.15, 0.2) is 0 Å². The first-order valence-electron chi connectivity index (χ1n) is 12.0. The maximum atomic E-state index is 12.1. The summed E-state index contributed by atoms with van der Waals surface area (Å²) in [5, 5.41) is 16.9. The van der Waals surface area contributed by atoms with E-state index in [0.717, 1.165) is 29.9 Å². The van der Waals surface area contributed by atoms with Crippen molar-refractivity contribution in [2.24, 2.45) is 0 Å². The van der Waals surface area contributed by atoms with Gasteiger partial charge in [0.05, 0.1) is 24.6 Å². The first-order valence-corrected chi connectivity index (χ1v) is 12.0. The standard InChI is InChI=1S/C28H29N3O4/c1-2-25-26(28(32)33)27(35-19-16-30-14-17-34-18-15-30)31(29-25)22-12-10-21(11-13-22)24-9-5-7-20-6-3-4-8-23(20)24/h3-13H,2,14-19H2,1H3,(H,32,33). The van der Waals surface area contributed by atoms with Crippen molar-refractivity contribution in [3.63, 3.8) is 0 Å². The largest absolute Gasteiger partial charge is 0.477 e. The van der Waals surface area contributed by atoms with E-state index in [0.29, 0.717) is 38.5 Å². The van der Waals surface area contributed by atoms with Crippen LogP contribution in [0.1, 0.15) is 23.0 Å². The fourth-order valence-electron chi connectivity index (χ4n) is 4.57. The molecule has 1 saturated heterocycles. The van der Waals surface area contributed by atoms with Crippen LogP contribution in [0, 0.1) is 0 Å². The van der Waals surface area contributed by atoms with Gasteiger partial charge >= 0.3 is 5.97 Å². The number of morpholine rings is 1. The van der Waals surface area contributed by atoms with E-state index in [9.17, 15) is 9.90 Å². The van der Waals surface area contributed by atoms with E-state index in [1.807, 2.05) is 43.3 Å². The average Bonchev–Trinajstić information content (AvgIpc) is 3.28. The molecule has 0 saturated carbocycles. The van der Waals surface area contributed by atoms with Gasteiger partial charge in [0.25, 0.3) is 0 Å². The molecule has 0 unspecified atom stereocenters. The number of aromatic nitrogens is 2. The highest BCUT2D eigenvalue weighted by atomic mass is 16.5. The third-order valence-electron chi connectivity index (χ3n) is 6.43. The van der Waals surface area contributed by atoms with Gasteiger partial charge in [-0.2, -0.15) is 5.10 Å². The number of hydrogen-bond acceptors (Lipinski definition) is 5. The molecule has 2 heterocycles. The first kappa shape index (κ1) is 23.1. The van der Waals surface area contributed by atoms with E-state index in [4.69, 9.17) is 9.47 Å². The van der Waals surface area contributed by atoms with Gasteiger partial charge in [-0.25, -0.2) is 9.48 Å². The molecule has 3 aromatic carbocycles. The maximum absolute atomic E-state index is 12.1. The van der Waals surface area contributed by atoms with E-state index in [1.54, 1.807) is 4.68 Å². The van der Waals surface area contributed by atoms with Crippen LogP contribution in [0.25, 0.3) is 27.6 Å². The number of carboxylic acids is 1. The molecule has 1 N–H and O–H groups in total. The summed E-state index contributed by atoms with van der Waals surface area (Å²) in [6.45, 7) is 6.11. The Kier molecular flexibility index (Phi) is 6.79. The van der Waals surface area contributed by atoms with Crippen molar-refractivity contribution in [1.82, 2.24) is 14.7 Å². The second kappa shape index (κ2) is 10.3. The molecule has 0 amide bonds. The van der Waals surface area contributed by atoms with Crippen LogP contribution in [-0.2, 0) is 11.2 Å².